The van der Waals surface area contributed by atoms with Gasteiger partial charge in [0.2, 0.25) is 0 Å². The monoisotopic (exact) mass is 365 g/mol. The molecule has 1 aromatic carbocycles. The molecule has 1 unspecified atom stereocenters. The van der Waals surface area contributed by atoms with Crippen LogP contribution in [0.5, 0.6) is 0 Å². The Hall–Kier alpha value is -2.24. The van der Waals surface area contributed by atoms with Crippen molar-refractivity contribution in [2.24, 2.45) is 21.5 Å². The van der Waals surface area contributed by atoms with Crippen LogP contribution in [0.4, 0.5) is 0 Å². The number of aliphatic imine (C=N–C) groups is 2. The molecule has 0 radical (unpaired) electrons. The smallest absolute Gasteiger partial charge is 0.116 e. The Kier molecular flexibility index (Phi) is 5.92. The van der Waals surface area contributed by atoms with Gasteiger partial charge in [-0.1, -0.05) is 50.1 Å². The van der Waals surface area contributed by atoms with E-state index >= 15 is 0 Å². The number of nitrogens with two attached hydrogens (primary N) is 2. The van der Waals surface area contributed by atoms with Crippen LogP contribution in [0.3, 0.4) is 0 Å². The van der Waals surface area contributed by atoms with E-state index in [0.717, 1.165) is 17.0 Å². The third kappa shape index (κ3) is 4.04. The predicted molar refractivity (Wildman–Crippen MR) is 114 cm³/mol. The summed E-state index contributed by atoms with van der Waals surface area (Å²) in [7, 11) is 1.85. The summed E-state index contributed by atoms with van der Waals surface area (Å²) < 4.78 is 0. The van der Waals surface area contributed by atoms with Gasteiger partial charge in [-0.3, -0.25) is 10.3 Å². The van der Waals surface area contributed by atoms with Gasteiger partial charge in [0, 0.05) is 18.3 Å². The first-order valence-electron chi connectivity index (χ1n) is 9.80. The quantitative estimate of drug-likeness (QED) is 0.713. The van der Waals surface area contributed by atoms with E-state index in [-0.39, 0.29) is 0 Å². The van der Waals surface area contributed by atoms with Crippen molar-refractivity contribution in [2.75, 3.05) is 7.05 Å². The van der Waals surface area contributed by atoms with Crippen LogP contribution in [-0.2, 0) is 0 Å². The van der Waals surface area contributed by atoms with Crippen LogP contribution >= 0.6 is 0 Å². The molecular weight excluding hydrogens is 334 g/mol. The first-order valence-corrected chi connectivity index (χ1v) is 9.80. The van der Waals surface area contributed by atoms with Crippen LogP contribution in [0.1, 0.15) is 62.5 Å². The molecule has 5 nitrogen and oxygen atoms in total. The van der Waals surface area contributed by atoms with Crippen molar-refractivity contribution in [3.8, 4) is 0 Å². The lowest BCUT2D eigenvalue weighted by Crippen LogP contribution is -2.61. The first kappa shape index (κ1) is 19.5. The predicted octanol–water partition coefficient (Wildman–Crippen LogP) is 3.58. The number of hydrogen-bond acceptors (Lipinski definition) is 5. The largest absolute Gasteiger partial charge is 0.400 e. The fourth-order valence-electron chi connectivity index (χ4n) is 4.12. The summed E-state index contributed by atoms with van der Waals surface area (Å²) in [6.45, 7) is 5.53. The standard InChI is InChI=1S/C22H31N5/c1-4-26-19-14-22(24,25-3)21(27-20(19)15(2)23)18-12-10-17(11-13-18)16-8-6-5-7-9-16/h4,10-13,16,25H,1,5-9,14,23-24H2,2-3H3/b20-15-,26-19?. The molecule has 27 heavy (non-hydrogen) atoms. The molecule has 0 spiro atoms. The highest BCUT2D eigenvalue weighted by Crippen LogP contribution is 2.33. The zero-order valence-corrected chi connectivity index (χ0v) is 16.5. The van der Waals surface area contributed by atoms with Crippen molar-refractivity contribution in [3.05, 3.63) is 59.6 Å². The number of allylic oxidation sites excluding steroid dienone is 2. The lowest BCUT2D eigenvalue weighted by atomic mass is 9.82. The molecule has 1 saturated carbocycles. The van der Waals surface area contributed by atoms with Crippen LogP contribution in [0, 0.1) is 0 Å². The molecule has 0 saturated heterocycles. The van der Waals surface area contributed by atoms with Gasteiger partial charge >= 0.3 is 0 Å². The fraction of sp³-hybridized carbons (Fsp3) is 0.455. The van der Waals surface area contributed by atoms with Gasteiger partial charge in [-0.25, -0.2) is 4.99 Å². The molecule has 0 aromatic heterocycles. The van der Waals surface area contributed by atoms with Gasteiger partial charge in [0.1, 0.15) is 11.4 Å². The van der Waals surface area contributed by atoms with Crippen LogP contribution in [0.2, 0.25) is 0 Å². The first-order chi connectivity index (χ1) is 13.0. The van der Waals surface area contributed by atoms with E-state index < -0.39 is 5.66 Å². The van der Waals surface area contributed by atoms with Gasteiger partial charge in [0.25, 0.3) is 0 Å². The summed E-state index contributed by atoms with van der Waals surface area (Å²) in [5.74, 6) is 0.682. The summed E-state index contributed by atoms with van der Waals surface area (Å²) in [5, 5.41) is 3.22. The lowest BCUT2D eigenvalue weighted by molar-refractivity contribution is 0.443. The zero-order valence-electron chi connectivity index (χ0n) is 16.5. The molecule has 144 valence electrons. The Balaban J connectivity index is 1.99. The highest BCUT2D eigenvalue weighted by molar-refractivity contribution is 6.17. The van der Waals surface area contributed by atoms with Crippen LogP contribution in [0.15, 0.2) is 58.4 Å². The third-order valence-corrected chi connectivity index (χ3v) is 5.69. The second kappa shape index (κ2) is 8.19. The van der Waals surface area contributed by atoms with Gasteiger partial charge in [0.05, 0.1) is 11.4 Å². The molecule has 1 aliphatic carbocycles. The topological polar surface area (TPSA) is 88.8 Å². The van der Waals surface area contributed by atoms with Gasteiger partial charge in [-0.15, -0.1) is 0 Å². The molecule has 2 aliphatic rings. The van der Waals surface area contributed by atoms with Gasteiger partial charge in [-0.05, 0) is 43.9 Å². The minimum absolute atomic E-state index is 0.503. The molecule has 1 fully saturated rings. The van der Waals surface area contributed by atoms with Gasteiger partial charge in [0.15, 0.2) is 0 Å². The maximum atomic E-state index is 6.68. The maximum Gasteiger partial charge on any atom is 0.116 e. The van der Waals surface area contributed by atoms with Gasteiger partial charge < -0.3 is 11.5 Å². The number of nitrogens with zero attached hydrogens (tertiary/aromatic N) is 2. The van der Waals surface area contributed by atoms with Crippen LogP contribution < -0.4 is 16.8 Å². The molecule has 5 heteroatoms. The molecule has 1 aromatic rings. The Morgan fingerprint density at radius 1 is 1.26 bits per heavy atom. The molecule has 1 aliphatic heterocycles. The van der Waals surface area contributed by atoms with E-state index in [2.05, 4.69) is 41.2 Å². The average molecular weight is 366 g/mol. The van der Waals surface area contributed by atoms with E-state index in [1.54, 1.807) is 0 Å². The summed E-state index contributed by atoms with van der Waals surface area (Å²) in [5.41, 5.74) is 17.3. The van der Waals surface area contributed by atoms with Gasteiger partial charge in [-0.2, -0.15) is 0 Å². The molecule has 5 N–H and O–H groups in total. The van der Waals surface area contributed by atoms with E-state index in [4.69, 9.17) is 16.5 Å². The molecule has 3 rings (SSSR count). The van der Waals surface area contributed by atoms with Crippen LogP contribution in [0.25, 0.3) is 0 Å². The summed E-state index contributed by atoms with van der Waals surface area (Å²) in [6.07, 6.45) is 8.62. The third-order valence-electron chi connectivity index (χ3n) is 5.69. The zero-order chi connectivity index (χ0) is 19.4. The number of hydrogen-bond donors (Lipinski definition) is 3. The van der Waals surface area contributed by atoms with Crippen molar-refractivity contribution >= 4 is 11.4 Å². The number of rotatable bonds is 4. The molecular formula is C22H31N5. The molecule has 0 amide bonds. The second-order valence-corrected chi connectivity index (χ2v) is 7.61. The summed E-state index contributed by atoms with van der Waals surface area (Å²) in [6, 6.07) is 8.74. The minimum Gasteiger partial charge on any atom is -0.400 e. The molecule has 0 bridgehead atoms. The summed E-state index contributed by atoms with van der Waals surface area (Å²) in [4.78, 5) is 9.17. The van der Waals surface area contributed by atoms with Crippen LogP contribution in [-0.4, -0.2) is 24.1 Å². The van der Waals surface area contributed by atoms with E-state index in [1.807, 2.05) is 14.0 Å². The lowest BCUT2D eigenvalue weighted by Gasteiger charge is -2.35. The number of benzene rings is 1. The van der Waals surface area contributed by atoms with Crippen molar-refractivity contribution in [3.63, 3.8) is 0 Å². The number of likely N-dealkylation sites (N-methyl/N-ethyl adjacent to an activating group) is 1. The fourth-order valence-corrected chi connectivity index (χ4v) is 4.12. The Bertz CT molecular complexity index is 777. The van der Waals surface area contributed by atoms with Crippen molar-refractivity contribution in [1.29, 1.82) is 0 Å². The van der Waals surface area contributed by atoms with E-state index in [9.17, 15) is 0 Å². The minimum atomic E-state index is -0.798. The van der Waals surface area contributed by atoms with Crippen molar-refractivity contribution in [2.45, 2.75) is 57.0 Å². The number of nitrogens with one attached hydrogen (secondary N) is 1. The van der Waals surface area contributed by atoms with Crippen molar-refractivity contribution in [1.82, 2.24) is 5.32 Å². The second-order valence-electron chi connectivity index (χ2n) is 7.61. The molecule has 1 atom stereocenters. The normalized spacial score (nSPS) is 27.4. The SMILES string of the molecule is C=CN=C1CC(N)(NC)C(c2ccc(C3CCCCC3)cc2)=N/C1=C(/C)N. The average Bonchev–Trinajstić information content (AvgIpc) is 2.69. The maximum absolute atomic E-state index is 6.68. The Morgan fingerprint density at radius 3 is 2.48 bits per heavy atom. The highest BCUT2D eigenvalue weighted by Gasteiger charge is 2.37. The molecule has 1 heterocycles. The Morgan fingerprint density at radius 2 is 1.93 bits per heavy atom. The Labute approximate surface area is 162 Å². The van der Waals surface area contributed by atoms with Crippen molar-refractivity contribution < 1.29 is 0 Å². The van der Waals surface area contributed by atoms with E-state index in [1.165, 1.54) is 43.9 Å². The summed E-state index contributed by atoms with van der Waals surface area (Å²) >= 11 is 0. The van der Waals surface area contributed by atoms with E-state index in [0.29, 0.717) is 23.7 Å². The highest BCUT2D eigenvalue weighted by atomic mass is 15.1.